The number of carbonyl (C=O) groups excluding carboxylic acids is 1. The van der Waals surface area contributed by atoms with Gasteiger partial charge < -0.3 is 14.8 Å². The lowest BCUT2D eigenvalue weighted by molar-refractivity contribution is -0.120. The molecule has 2 aromatic rings. The van der Waals surface area contributed by atoms with E-state index in [4.69, 9.17) is 14.5 Å². The zero-order chi connectivity index (χ0) is 26.3. The smallest absolute Gasteiger partial charge is 0.233 e. The van der Waals surface area contributed by atoms with Gasteiger partial charge in [-0.2, -0.15) is 5.26 Å². The number of methoxy groups -OCH3 is 2. The molecule has 2 unspecified atom stereocenters. The standard InChI is InChI=1S/C29H39N3O3S/c1-7-26(27(33)31-14-13-19-9-12-24(34-5)25(15-19)35-6)36-28-21(18-30)16-20-17-22(29(3,4)8-2)10-11-23(20)32-28/h9,12,15-16,22,26H,7-8,10-11,13-14,17H2,1-6H3,(H,31,33). The van der Waals surface area contributed by atoms with Crippen molar-refractivity contribution in [2.75, 3.05) is 20.8 Å². The minimum atomic E-state index is -0.302. The number of fused-ring (bicyclic) bond motifs is 1. The molecule has 0 saturated carbocycles. The molecular formula is C29H39N3O3S. The average molecular weight is 510 g/mol. The monoisotopic (exact) mass is 509 g/mol. The maximum absolute atomic E-state index is 13.0. The van der Waals surface area contributed by atoms with Crippen molar-refractivity contribution in [1.29, 1.82) is 5.26 Å². The van der Waals surface area contributed by atoms with Gasteiger partial charge in [0.05, 0.1) is 25.0 Å². The Morgan fingerprint density at radius 2 is 2.00 bits per heavy atom. The number of hydrogen-bond donors (Lipinski definition) is 1. The fourth-order valence-corrected chi connectivity index (χ4v) is 5.73. The molecule has 36 heavy (non-hydrogen) atoms. The summed E-state index contributed by atoms with van der Waals surface area (Å²) in [5.74, 6) is 1.93. The van der Waals surface area contributed by atoms with Crippen LogP contribution in [-0.2, 0) is 24.1 Å². The Balaban J connectivity index is 1.65. The number of hydrogen-bond acceptors (Lipinski definition) is 6. The molecule has 6 nitrogen and oxygen atoms in total. The third-order valence-electron chi connectivity index (χ3n) is 7.57. The van der Waals surface area contributed by atoms with Gasteiger partial charge >= 0.3 is 0 Å². The predicted molar refractivity (Wildman–Crippen MR) is 145 cm³/mol. The van der Waals surface area contributed by atoms with Crippen LogP contribution in [0.2, 0.25) is 0 Å². The average Bonchev–Trinajstić information content (AvgIpc) is 2.90. The van der Waals surface area contributed by atoms with E-state index in [2.05, 4.69) is 32.2 Å². The lowest BCUT2D eigenvalue weighted by Gasteiger charge is -2.37. The Bertz CT molecular complexity index is 1110. The topological polar surface area (TPSA) is 84.2 Å². The van der Waals surface area contributed by atoms with E-state index >= 15 is 0 Å². The first-order chi connectivity index (χ1) is 17.3. The van der Waals surface area contributed by atoms with Gasteiger partial charge in [-0.1, -0.05) is 51.9 Å². The Kier molecular flexibility index (Phi) is 9.67. The molecule has 0 fully saturated rings. The third kappa shape index (κ3) is 6.53. The van der Waals surface area contributed by atoms with E-state index < -0.39 is 0 Å². The largest absolute Gasteiger partial charge is 0.493 e. The molecule has 194 valence electrons. The molecule has 1 amide bonds. The third-order valence-corrected chi connectivity index (χ3v) is 8.93. The maximum Gasteiger partial charge on any atom is 0.233 e. The van der Waals surface area contributed by atoms with Gasteiger partial charge in [-0.15, -0.1) is 0 Å². The summed E-state index contributed by atoms with van der Waals surface area (Å²) >= 11 is 1.41. The van der Waals surface area contributed by atoms with Crippen molar-refractivity contribution < 1.29 is 14.3 Å². The number of pyridine rings is 1. The molecule has 1 aliphatic rings. The summed E-state index contributed by atoms with van der Waals surface area (Å²) < 4.78 is 10.7. The van der Waals surface area contributed by atoms with Gasteiger partial charge in [0, 0.05) is 12.2 Å². The molecule has 1 aromatic carbocycles. The molecule has 3 rings (SSSR count). The summed E-state index contributed by atoms with van der Waals surface area (Å²) in [6, 6.07) is 10.1. The van der Waals surface area contributed by atoms with Crippen LogP contribution in [0, 0.1) is 22.7 Å². The SMILES string of the molecule is CCC(Sc1nc2c(cc1C#N)CC(C(C)(C)CC)CC2)C(=O)NCCc1ccc(OC)c(OC)c1. The van der Waals surface area contributed by atoms with Crippen LogP contribution in [0.1, 0.15) is 69.3 Å². The lowest BCUT2D eigenvalue weighted by atomic mass is 9.69. The zero-order valence-electron chi connectivity index (χ0n) is 22.4. The predicted octanol–water partition coefficient (Wildman–Crippen LogP) is 5.74. The number of ether oxygens (including phenoxy) is 2. The molecule has 1 aromatic heterocycles. The van der Waals surface area contributed by atoms with E-state index in [1.807, 2.05) is 31.2 Å². The first kappa shape index (κ1) is 27.9. The first-order valence-electron chi connectivity index (χ1n) is 12.8. The maximum atomic E-state index is 13.0. The second-order valence-corrected chi connectivity index (χ2v) is 11.3. The molecule has 0 radical (unpaired) electrons. The molecule has 0 aliphatic heterocycles. The van der Waals surface area contributed by atoms with Crippen LogP contribution in [0.3, 0.4) is 0 Å². The number of nitriles is 1. The molecule has 1 N–H and O–H groups in total. The second-order valence-electron chi connectivity index (χ2n) is 10.1. The van der Waals surface area contributed by atoms with Crippen LogP contribution in [0.15, 0.2) is 29.3 Å². The minimum absolute atomic E-state index is 0.0313. The Morgan fingerprint density at radius 1 is 1.25 bits per heavy atom. The van der Waals surface area contributed by atoms with Crippen LogP contribution < -0.4 is 14.8 Å². The van der Waals surface area contributed by atoms with Crippen molar-refractivity contribution in [3.05, 3.63) is 46.6 Å². The van der Waals surface area contributed by atoms with Gasteiger partial charge in [0.15, 0.2) is 11.5 Å². The number of aromatic nitrogens is 1. The molecule has 7 heteroatoms. The molecule has 1 aliphatic carbocycles. The molecule has 0 bridgehead atoms. The molecular weight excluding hydrogens is 470 g/mol. The van der Waals surface area contributed by atoms with Crippen molar-refractivity contribution in [3.8, 4) is 17.6 Å². The number of carbonyl (C=O) groups is 1. The van der Waals surface area contributed by atoms with Gasteiger partial charge in [0.25, 0.3) is 0 Å². The number of nitrogens with one attached hydrogen (secondary N) is 1. The van der Waals surface area contributed by atoms with E-state index in [9.17, 15) is 10.1 Å². The summed E-state index contributed by atoms with van der Waals surface area (Å²) in [5, 5.41) is 13.3. The van der Waals surface area contributed by atoms with E-state index in [1.54, 1.807) is 14.2 Å². The van der Waals surface area contributed by atoms with Crippen LogP contribution in [0.25, 0.3) is 0 Å². The number of benzene rings is 1. The van der Waals surface area contributed by atoms with Crippen LogP contribution in [0.4, 0.5) is 0 Å². The number of thioether (sulfide) groups is 1. The summed E-state index contributed by atoms with van der Waals surface area (Å²) in [6.45, 7) is 9.43. The van der Waals surface area contributed by atoms with E-state index in [1.165, 1.54) is 17.3 Å². The van der Waals surface area contributed by atoms with Crippen LogP contribution >= 0.6 is 11.8 Å². The van der Waals surface area contributed by atoms with E-state index in [0.29, 0.717) is 47.4 Å². The molecule has 1 heterocycles. The number of aryl methyl sites for hydroxylation is 1. The highest BCUT2D eigenvalue weighted by Gasteiger charge is 2.32. The zero-order valence-corrected chi connectivity index (χ0v) is 23.3. The second kappa shape index (κ2) is 12.5. The highest BCUT2D eigenvalue weighted by Crippen LogP contribution is 2.40. The van der Waals surface area contributed by atoms with E-state index in [0.717, 1.165) is 36.9 Å². The van der Waals surface area contributed by atoms with Crippen molar-refractivity contribution in [2.24, 2.45) is 11.3 Å². The summed E-state index contributed by atoms with van der Waals surface area (Å²) in [7, 11) is 3.22. The number of amides is 1. The normalized spacial score (nSPS) is 16.0. The van der Waals surface area contributed by atoms with Crippen molar-refractivity contribution in [3.63, 3.8) is 0 Å². The molecule has 0 spiro atoms. The lowest BCUT2D eigenvalue weighted by Crippen LogP contribution is -2.34. The molecule has 2 atom stereocenters. The van der Waals surface area contributed by atoms with Crippen LogP contribution in [0.5, 0.6) is 11.5 Å². The highest BCUT2D eigenvalue weighted by atomic mass is 32.2. The van der Waals surface area contributed by atoms with Gasteiger partial charge in [-0.25, -0.2) is 4.98 Å². The summed E-state index contributed by atoms with van der Waals surface area (Å²) in [6.07, 6.45) is 5.49. The fourth-order valence-electron chi connectivity index (χ4n) is 4.71. The minimum Gasteiger partial charge on any atom is -0.493 e. The summed E-state index contributed by atoms with van der Waals surface area (Å²) in [5.41, 5.74) is 4.19. The van der Waals surface area contributed by atoms with Gasteiger partial charge in [0.1, 0.15) is 11.1 Å². The van der Waals surface area contributed by atoms with Gasteiger partial charge in [0.2, 0.25) is 5.91 Å². The van der Waals surface area contributed by atoms with Crippen molar-refractivity contribution in [2.45, 2.75) is 76.5 Å². The number of rotatable bonds is 11. The highest BCUT2D eigenvalue weighted by molar-refractivity contribution is 8.00. The van der Waals surface area contributed by atoms with Gasteiger partial charge in [-0.05, 0) is 72.8 Å². The summed E-state index contributed by atoms with van der Waals surface area (Å²) in [4.78, 5) is 17.9. The molecule has 0 saturated heterocycles. The first-order valence-corrected chi connectivity index (χ1v) is 13.7. The number of nitrogens with zero attached hydrogens (tertiary/aromatic N) is 2. The Hall–Kier alpha value is -2.72. The van der Waals surface area contributed by atoms with Crippen molar-refractivity contribution >= 4 is 17.7 Å². The Labute approximate surface area is 220 Å². The van der Waals surface area contributed by atoms with Crippen LogP contribution in [-0.4, -0.2) is 36.9 Å². The Morgan fingerprint density at radius 3 is 2.64 bits per heavy atom. The van der Waals surface area contributed by atoms with Gasteiger partial charge in [-0.3, -0.25) is 4.79 Å². The van der Waals surface area contributed by atoms with E-state index in [-0.39, 0.29) is 16.6 Å². The quantitative estimate of drug-likeness (QED) is 0.389. The van der Waals surface area contributed by atoms with Crippen molar-refractivity contribution in [1.82, 2.24) is 10.3 Å². The fraction of sp³-hybridized carbons (Fsp3) is 0.552.